The molecule has 2 heteroatoms. The summed E-state index contributed by atoms with van der Waals surface area (Å²) in [4.78, 5) is 0. The van der Waals surface area contributed by atoms with E-state index >= 15 is 0 Å². The molecule has 0 spiro atoms. The second kappa shape index (κ2) is 11.2. The van der Waals surface area contributed by atoms with Gasteiger partial charge in [0.25, 0.3) is 0 Å². The zero-order chi connectivity index (χ0) is 17.6. The van der Waals surface area contributed by atoms with Crippen LogP contribution >= 0.6 is 0 Å². The van der Waals surface area contributed by atoms with Gasteiger partial charge in [-0.1, -0.05) is 49.4 Å². The molecule has 0 heterocycles. The van der Waals surface area contributed by atoms with Gasteiger partial charge in [-0.15, -0.1) is 74.8 Å². The Morgan fingerprint density at radius 3 is 1.52 bits per heavy atom. The van der Waals surface area contributed by atoms with Crippen LogP contribution in [0.3, 0.4) is 0 Å². The van der Waals surface area contributed by atoms with Crippen LogP contribution in [-0.4, -0.2) is 6.88 Å². The molecule has 0 saturated heterocycles. The van der Waals surface area contributed by atoms with E-state index in [1.54, 1.807) is 0 Å². The van der Waals surface area contributed by atoms with Crippen LogP contribution in [-0.2, 0) is 23.3 Å². The topological polar surface area (TPSA) is 0 Å². The fraction of sp³-hybridized carbons (Fsp3) is 0.0400. The molecule has 5 aromatic carbocycles. The van der Waals surface area contributed by atoms with Crippen molar-refractivity contribution in [3.8, 4) is 0 Å². The standard InChI is InChI=1S/C13H9.C10H9.2CH3.Si.Zr/c1-3-7-12-10(5-1)9-11-6-2-4-8-13(11)12;1-8-6-7-9-4-2-3-5-10(8)9;;;;/h1-9H;2-7H,1H3;2*1H3;;/q4*-1;;. The van der Waals surface area contributed by atoms with Gasteiger partial charge in [-0.2, -0.15) is 11.6 Å². The van der Waals surface area contributed by atoms with Crippen molar-refractivity contribution in [3.63, 3.8) is 0 Å². The average molecular weight is 444 g/mol. The van der Waals surface area contributed by atoms with Gasteiger partial charge in [0, 0.05) is 0 Å². The van der Waals surface area contributed by atoms with E-state index in [9.17, 15) is 0 Å². The SMILES string of the molecule is Cc1c[cH-]c2ccccc12.[CH3-].[CH3-].[Si]=[Zr].c1ccc2c(c1)[cH-]c1ccccc12. The average Bonchev–Trinajstić information content (AvgIpc) is 3.25. The number of benzene rings is 3. The molecule has 0 N–H and O–H groups in total. The van der Waals surface area contributed by atoms with Gasteiger partial charge in [-0.05, 0) is 0 Å². The third kappa shape index (κ3) is 5.15. The molecule has 0 saturated carbocycles. The summed E-state index contributed by atoms with van der Waals surface area (Å²) < 4.78 is 0. The number of rotatable bonds is 0. The molecule has 0 nitrogen and oxygen atoms in total. The zero-order valence-corrected chi connectivity index (χ0v) is 19.6. The molecule has 2 radical (unpaired) electrons. The first kappa shape index (κ1) is 23.3. The van der Waals surface area contributed by atoms with Crippen LogP contribution in [0.2, 0.25) is 0 Å². The van der Waals surface area contributed by atoms with Crippen molar-refractivity contribution in [2.24, 2.45) is 0 Å². The number of aryl methyl sites for hydroxylation is 1. The predicted molar refractivity (Wildman–Crippen MR) is 120 cm³/mol. The number of hydrogen-bond donors (Lipinski definition) is 0. The van der Waals surface area contributed by atoms with Crippen LogP contribution in [0.4, 0.5) is 0 Å². The van der Waals surface area contributed by atoms with Crippen LogP contribution < -0.4 is 0 Å². The van der Waals surface area contributed by atoms with E-state index in [1.807, 2.05) is 0 Å². The van der Waals surface area contributed by atoms with Crippen molar-refractivity contribution in [1.82, 2.24) is 0 Å². The van der Waals surface area contributed by atoms with Crippen molar-refractivity contribution in [2.75, 3.05) is 0 Å². The molecule has 136 valence electrons. The molecule has 0 fully saturated rings. The third-order valence-electron chi connectivity index (χ3n) is 4.42. The van der Waals surface area contributed by atoms with Gasteiger partial charge < -0.3 is 14.9 Å². The zero-order valence-electron chi connectivity index (χ0n) is 16.2. The van der Waals surface area contributed by atoms with Gasteiger partial charge in [0.1, 0.15) is 0 Å². The molecular weight excluding hydrogens is 420 g/mol. The first-order chi connectivity index (χ1) is 12.3. The van der Waals surface area contributed by atoms with Crippen molar-refractivity contribution in [2.45, 2.75) is 6.92 Å². The van der Waals surface area contributed by atoms with E-state index in [1.165, 1.54) is 61.2 Å². The first-order valence-electron chi connectivity index (χ1n) is 8.22. The van der Waals surface area contributed by atoms with Crippen molar-refractivity contribution in [1.29, 1.82) is 0 Å². The van der Waals surface area contributed by atoms with E-state index in [2.05, 4.69) is 105 Å². The van der Waals surface area contributed by atoms with Crippen LogP contribution in [0.5, 0.6) is 0 Å². The van der Waals surface area contributed by atoms with E-state index in [4.69, 9.17) is 0 Å². The fourth-order valence-corrected chi connectivity index (χ4v) is 3.21. The molecule has 0 bridgehead atoms. The molecule has 0 aliphatic carbocycles. The van der Waals surface area contributed by atoms with E-state index in [-0.39, 0.29) is 14.9 Å². The summed E-state index contributed by atoms with van der Waals surface area (Å²) in [6.45, 7) is 5.20. The molecular formula is C25H24SiZr-4. The summed E-state index contributed by atoms with van der Waals surface area (Å²) in [5.41, 5.74) is 1.37. The van der Waals surface area contributed by atoms with Crippen molar-refractivity contribution in [3.05, 3.63) is 111 Å². The van der Waals surface area contributed by atoms with Gasteiger partial charge in [0.05, 0.1) is 0 Å². The Bertz CT molecular complexity index is 1050. The molecule has 0 amide bonds. The summed E-state index contributed by atoms with van der Waals surface area (Å²) in [5, 5.41) is 8.12. The predicted octanol–water partition coefficient (Wildman–Crippen LogP) is 7.10. The fourth-order valence-electron chi connectivity index (χ4n) is 3.21. The smallest absolute Gasteiger partial charge is 0.0771 e. The Hall–Kier alpha value is -1.76. The summed E-state index contributed by atoms with van der Waals surface area (Å²) >= 11 is 1.36. The second-order valence-corrected chi connectivity index (χ2v) is 5.92. The molecule has 0 aliphatic heterocycles. The minimum Gasteiger partial charge on any atom is -0.126 e. The maximum absolute atomic E-state index is 3.06. The van der Waals surface area contributed by atoms with Crippen LogP contribution in [0, 0.1) is 21.8 Å². The van der Waals surface area contributed by atoms with Crippen LogP contribution in [0.1, 0.15) is 5.56 Å². The summed E-state index contributed by atoms with van der Waals surface area (Å²) in [7, 11) is 0. The Morgan fingerprint density at radius 2 is 1.04 bits per heavy atom. The van der Waals surface area contributed by atoms with E-state index < -0.39 is 0 Å². The minimum atomic E-state index is 0. The molecule has 5 rings (SSSR count). The van der Waals surface area contributed by atoms with E-state index in [0.717, 1.165) is 0 Å². The van der Waals surface area contributed by atoms with Gasteiger partial charge in [0.2, 0.25) is 0 Å². The minimum absolute atomic E-state index is 0. The molecule has 5 aromatic rings. The summed E-state index contributed by atoms with van der Waals surface area (Å²) in [5.74, 6) is 0. The number of hydrogen-bond acceptors (Lipinski definition) is 0. The normalized spacial score (nSPS) is 9.33. The quantitative estimate of drug-likeness (QED) is 0.177. The monoisotopic (exact) mass is 442 g/mol. The van der Waals surface area contributed by atoms with E-state index in [0.29, 0.717) is 0 Å². The Balaban J connectivity index is 0.000000237. The second-order valence-electron chi connectivity index (χ2n) is 5.92. The maximum atomic E-state index is 3.06. The van der Waals surface area contributed by atoms with Crippen molar-refractivity contribution < 1.29 is 23.3 Å². The largest absolute Gasteiger partial charge is 0.126 e. The molecule has 0 aromatic heterocycles. The summed E-state index contributed by atoms with van der Waals surface area (Å²) in [6.07, 6.45) is 0. The van der Waals surface area contributed by atoms with Crippen molar-refractivity contribution >= 4 is 39.2 Å². The Labute approximate surface area is 180 Å². The molecule has 0 unspecified atom stereocenters. The Kier molecular flexibility index (Phi) is 9.63. The number of fused-ring (bicyclic) bond motifs is 4. The first-order valence-corrected chi connectivity index (χ1v) is 12.4. The van der Waals surface area contributed by atoms with Gasteiger partial charge in [0.15, 0.2) is 0 Å². The Morgan fingerprint density at radius 1 is 0.630 bits per heavy atom. The molecule has 0 aliphatic rings. The van der Waals surface area contributed by atoms with Crippen LogP contribution in [0.15, 0.2) is 91.0 Å². The van der Waals surface area contributed by atoms with Gasteiger partial charge in [-0.3, -0.25) is 0 Å². The maximum Gasteiger partial charge on any atom is -0.0771 e. The molecule has 27 heavy (non-hydrogen) atoms. The van der Waals surface area contributed by atoms with Gasteiger partial charge in [-0.25, -0.2) is 0 Å². The summed E-state index contributed by atoms with van der Waals surface area (Å²) in [6, 6.07) is 32.0. The molecule has 0 atom stereocenters. The van der Waals surface area contributed by atoms with Gasteiger partial charge >= 0.3 is 30.2 Å². The third-order valence-corrected chi connectivity index (χ3v) is 4.42. The van der Waals surface area contributed by atoms with Crippen LogP contribution in [0.25, 0.3) is 32.3 Å².